The molecule has 1 aromatic carbocycles. The first-order valence-electron chi connectivity index (χ1n) is 6.97. The fourth-order valence-corrected chi connectivity index (χ4v) is 2.46. The lowest BCUT2D eigenvalue weighted by molar-refractivity contribution is -0.123. The predicted molar refractivity (Wildman–Crippen MR) is 97.2 cm³/mol. The Hall–Kier alpha value is -1.31. The van der Waals surface area contributed by atoms with Gasteiger partial charge in [-0.2, -0.15) is 0 Å². The molecular formula is C15H23IN4O. The molecule has 2 rings (SSSR count). The number of hydrogen-bond donors (Lipinski definition) is 3. The van der Waals surface area contributed by atoms with E-state index in [0.29, 0.717) is 18.9 Å². The van der Waals surface area contributed by atoms with Crippen molar-refractivity contribution < 1.29 is 4.79 Å². The van der Waals surface area contributed by atoms with Crippen LogP contribution in [0.5, 0.6) is 0 Å². The summed E-state index contributed by atoms with van der Waals surface area (Å²) in [6.45, 7) is 4.61. The van der Waals surface area contributed by atoms with Gasteiger partial charge in [0.15, 0.2) is 5.96 Å². The molecule has 0 aliphatic carbocycles. The highest BCUT2D eigenvalue weighted by Crippen LogP contribution is 2.13. The van der Waals surface area contributed by atoms with Crippen molar-refractivity contribution in [2.45, 2.75) is 39.2 Å². The highest BCUT2D eigenvalue weighted by molar-refractivity contribution is 14.0. The summed E-state index contributed by atoms with van der Waals surface area (Å²) >= 11 is 0. The zero-order valence-electron chi connectivity index (χ0n) is 12.5. The standard InChI is InChI=1S/C15H22N4O.HI/c1-10-6-11(2)8-13(7-10)19-15(16)17-9-12-4-3-5-14(20)18-12;/h6-8,12H,3-5,9H2,1-2H3,(H,18,20)(H3,16,17,19);1H. The summed E-state index contributed by atoms with van der Waals surface area (Å²) in [6, 6.07) is 6.27. The molecule has 1 saturated heterocycles. The van der Waals surface area contributed by atoms with E-state index >= 15 is 0 Å². The molecule has 0 aromatic heterocycles. The van der Waals surface area contributed by atoms with E-state index in [1.54, 1.807) is 0 Å². The van der Waals surface area contributed by atoms with Crippen molar-refractivity contribution in [1.82, 2.24) is 5.32 Å². The quantitative estimate of drug-likeness (QED) is 0.413. The number of aliphatic imine (C=N–C) groups is 1. The van der Waals surface area contributed by atoms with Crippen LogP contribution in [0.15, 0.2) is 23.2 Å². The minimum atomic E-state index is 0. The molecule has 5 nitrogen and oxygen atoms in total. The summed E-state index contributed by atoms with van der Waals surface area (Å²) in [5.74, 6) is 0.493. The van der Waals surface area contributed by atoms with Gasteiger partial charge < -0.3 is 16.4 Å². The molecule has 6 heteroatoms. The number of aryl methyl sites for hydroxylation is 2. The van der Waals surface area contributed by atoms with Gasteiger partial charge in [-0.15, -0.1) is 24.0 Å². The lowest BCUT2D eigenvalue weighted by atomic mass is 10.0. The lowest BCUT2D eigenvalue weighted by Crippen LogP contribution is -2.41. The summed E-state index contributed by atoms with van der Waals surface area (Å²) in [7, 11) is 0. The van der Waals surface area contributed by atoms with E-state index in [1.165, 1.54) is 11.1 Å². The predicted octanol–water partition coefficient (Wildman–Crippen LogP) is 2.32. The number of carbonyl (C=O) groups is 1. The largest absolute Gasteiger partial charge is 0.370 e. The molecule has 0 spiro atoms. The van der Waals surface area contributed by atoms with Crippen molar-refractivity contribution >= 4 is 41.5 Å². The molecule has 0 bridgehead atoms. The zero-order valence-corrected chi connectivity index (χ0v) is 14.8. The van der Waals surface area contributed by atoms with E-state index < -0.39 is 0 Å². The highest BCUT2D eigenvalue weighted by atomic mass is 127. The minimum absolute atomic E-state index is 0. The summed E-state index contributed by atoms with van der Waals surface area (Å²) in [4.78, 5) is 15.6. The van der Waals surface area contributed by atoms with Gasteiger partial charge in [0.25, 0.3) is 0 Å². The van der Waals surface area contributed by atoms with Gasteiger partial charge >= 0.3 is 0 Å². The van der Waals surface area contributed by atoms with Crippen molar-refractivity contribution in [3.8, 4) is 0 Å². The summed E-state index contributed by atoms with van der Waals surface area (Å²) < 4.78 is 0. The van der Waals surface area contributed by atoms with Gasteiger partial charge in [0.2, 0.25) is 5.91 Å². The van der Waals surface area contributed by atoms with Crippen LogP contribution in [0.2, 0.25) is 0 Å². The fraction of sp³-hybridized carbons (Fsp3) is 0.467. The Bertz CT molecular complexity index is 510. The number of amides is 1. The maximum atomic E-state index is 11.3. The van der Waals surface area contributed by atoms with Gasteiger partial charge in [0.05, 0.1) is 6.54 Å². The number of piperidine rings is 1. The van der Waals surface area contributed by atoms with Gasteiger partial charge in [-0.25, -0.2) is 0 Å². The third kappa shape index (κ3) is 5.91. The molecule has 21 heavy (non-hydrogen) atoms. The van der Waals surface area contributed by atoms with Crippen molar-refractivity contribution in [3.05, 3.63) is 29.3 Å². The molecule has 0 saturated carbocycles. The summed E-state index contributed by atoms with van der Waals surface area (Å²) in [5, 5.41) is 6.01. The number of halogens is 1. The first kappa shape index (κ1) is 17.7. The monoisotopic (exact) mass is 402 g/mol. The molecular weight excluding hydrogens is 379 g/mol. The molecule has 4 N–H and O–H groups in total. The first-order valence-corrected chi connectivity index (χ1v) is 6.97. The lowest BCUT2D eigenvalue weighted by Gasteiger charge is -2.21. The SMILES string of the molecule is Cc1cc(C)cc(NC(N)=NCC2CCCC(=O)N2)c1.I. The molecule has 1 fully saturated rings. The number of guanidine groups is 1. The van der Waals surface area contributed by atoms with Crippen LogP contribution in [-0.4, -0.2) is 24.5 Å². The van der Waals surface area contributed by atoms with Crippen LogP contribution in [0.1, 0.15) is 30.4 Å². The molecule has 1 atom stereocenters. The van der Waals surface area contributed by atoms with Crippen LogP contribution in [0.25, 0.3) is 0 Å². The van der Waals surface area contributed by atoms with Gasteiger partial charge in [-0.05, 0) is 49.9 Å². The summed E-state index contributed by atoms with van der Waals surface area (Å²) in [6.07, 6.45) is 2.51. The fourth-order valence-electron chi connectivity index (χ4n) is 2.46. The second kappa shape index (κ2) is 8.21. The van der Waals surface area contributed by atoms with E-state index in [-0.39, 0.29) is 35.9 Å². The number of rotatable bonds is 3. The maximum Gasteiger partial charge on any atom is 0.220 e. The van der Waals surface area contributed by atoms with E-state index in [2.05, 4.69) is 21.7 Å². The number of nitrogens with zero attached hydrogens (tertiary/aromatic N) is 1. The molecule has 1 aliphatic rings. The number of hydrogen-bond acceptors (Lipinski definition) is 2. The van der Waals surface area contributed by atoms with Crippen LogP contribution >= 0.6 is 24.0 Å². The average molecular weight is 402 g/mol. The first-order chi connectivity index (χ1) is 9.52. The second-order valence-electron chi connectivity index (χ2n) is 5.38. The molecule has 116 valence electrons. The highest BCUT2D eigenvalue weighted by Gasteiger charge is 2.17. The number of nitrogens with two attached hydrogens (primary N) is 1. The summed E-state index contributed by atoms with van der Waals surface area (Å²) in [5.41, 5.74) is 9.19. The Labute approximate surface area is 142 Å². The molecule has 0 radical (unpaired) electrons. The Morgan fingerprint density at radius 3 is 2.67 bits per heavy atom. The Morgan fingerprint density at radius 2 is 2.05 bits per heavy atom. The molecule has 1 amide bonds. The van der Waals surface area contributed by atoms with Crippen LogP contribution in [0.3, 0.4) is 0 Å². The number of carbonyl (C=O) groups excluding carboxylic acids is 1. The van der Waals surface area contributed by atoms with Gasteiger partial charge in [0, 0.05) is 18.2 Å². The van der Waals surface area contributed by atoms with Crippen LogP contribution < -0.4 is 16.4 Å². The van der Waals surface area contributed by atoms with Gasteiger partial charge in [-0.3, -0.25) is 9.79 Å². The number of nitrogens with one attached hydrogen (secondary N) is 2. The van der Waals surface area contributed by atoms with Crippen molar-refractivity contribution in [3.63, 3.8) is 0 Å². The van der Waals surface area contributed by atoms with E-state index in [0.717, 1.165) is 18.5 Å². The smallest absolute Gasteiger partial charge is 0.220 e. The van der Waals surface area contributed by atoms with Crippen LogP contribution in [-0.2, 0) is 4.79 Å². The van der Waals surface area contributed by atoms with Crippen molar-refractivity contribution in [2.24, 2.45) is 10.7 Å². The Kier molecular flexibility index (Phi) is 6.94. The van der Waals surface area contributed by atoms with Gasteiger partial charge in [0.1, 0.15) is 0 Å². The molecule has 1 aromatic rings. The van der Waals surface area contributed by atoms with E-state index in [4.69, 9.17) is 5.73 Å². The average Bonchev–Trinajstić information content (AvgIpc) is 2.35. The maximum absolute atomic E-state index is 11.3. The second-order valence-corrected chi connectivity index (χ2v) is 5.38. The topological polar surface area (TPSA) is 79.5 Å². The Morgan fingerprint density at radius 1 is 1.38 bits per heavy atom. The third-order valence-electron chi connectivity index (χ3n) is 3.30. The molecule has 1 aliphatic heterocycles. The zero-order chi connectivity index (χ0) is 14.5. The third-order valence-corrected chi connectivity index (χ3v) is 3.30. The van der Waals surface area contributed by atoms with Gasteiger partial charge in [-0.1, -0.05) is 6.07 Å². The van der Waals surface area contributed by atoms with Crippen LogP contribution in [0, 0.1) is 13.8 Å². The van der Waals surface area contributed by atoms with E-state index in [1.807, 2.05) is 26.0 Å². The van der Waals surface area contributed by atoms with Crippen molar-refractivity contribution in [1.29, 1.82) is 0 Å². The van der Waals surface area contributed by atoms with E-state index in [9.17, 15) is 4.79 Å². The van der Waals surface area contributed by atoms with Crippen molar-refractivity contribution in [2.75, 3.05) is 11.9 Å². The minimum Gasteiger partial charge on any atom is -0.370 e. The van der Waals surface area contributed by atoms with Crippen LogP contribution in [0.4, 0.5) is 5.69 Å². The molecule has 1 unspecified atom stereocenters. The Balaban J connectivity index is 0.00000220. The number of anilines is 1. The normalized spacial score (nSPS) is 18.7. The number of benzene rings is 1. The molecule has 1 heterocycles.